The lowest BCUT2D eigenvalue weighted by Crippen LogP contribution is -2.23. The predicted molar refractivity (Wildman–Crippen MR) is 69.7 cm³/mol. The normalized spacial score (nSPS) is 11.5. The first kappa shape index (κ1) is 11.6. The molecule has 0 aliphatic heterocycles. The zero-order valence-electron chi connectivity index (χ0n) is 10.4. The molecule has 0 N–H and O–H groups in total. The van der Waals surface area contributed by atoms with Crippen LogP contribution in [0.3, 0.4) is 0 Å². The molecule has 0 unspecified atom stereocenters. The van der Waals surface area contributed by atoms with E-state index in [2.05, 4.69) is 0 Å². The van der Waals surface area contributed by atoms with Gasteiger partial charge in [0.05, 0.1) is 0 Å². The van der Waals surface area contributed by atoms with Crippen molar-refractivity contribution >= 4 is 17.1 Å². The van der Waals surface area contributed by atoms with Crippen LogP contribution in [0.25, 0.3) is 10.8 Å². The molecule has 0 atom stereocenters. The van der Waals surface area contributed by atoms with Crippen LogP contribution in [0, 0.1) is 0 Å². The van der Waals surface area contributed by atoms with Gasteiger partial charge in [-0.1, -0.05) is 24.3 Å². The van der Waals surface area contributed by atoms with Gasteiger partial charge in [-0.2, -0.15) is 0 Å². The molecule has 0 aromatic heterocycles. The van der Waals surface area contributed by atoms with E-state index in [0.717, 1.165) is 22.8 Å². The Kier molecular flexibility index (Phi) is 2.88. The van der Waals surface area contributed by atoms with E-state index in [9.17, 15) is 4.79 Å². The molecule has 0 aliphatic rings. The molecule has 0 radical (unpaired) electrons. The van der Waals surface area contributed by atoms with Crippen LogP contribution in [-0.2, 0) is 0 Å². The second-order valence-corrected chi connectivity index (χ2v) is 5.07. The minimum Gasteiger partial charge on any atom is -0.488 e. The number of carbonyl (C=O) groups is 1. The Labute approximate surface area is 101 Å². The van der Waals surface area contributed by atoms with Gasteiger partial charge in [-0.05, 0) is 38.3 Å². The number of aldehydes is 1. The van der Waals surface area contributed by atoms with E-state index in [1.54, 1.807) is 0 Å². The average molecular weight is 228 g/mol. The van der Waals surface area contributed by atoms with Crippen LogP contribution < -0.4 is 4.74 Å². The van der Waals surface area contributed by atoms with E-state index in [1.807, 2.05) is 57.2 Å². The number of rotatable bonds is 2. The summed E-state index contributed by atoms with van der Waals surface area (Å²) in [6.45, 7) is 6.03. The molecule has 0 saturated carbocycles. The summed E-state index contributed by atoms with van der Waals surface area (Å²) in [5, 5.41) is 2.06. The highest BCUT2D eigenvalue weighted by Crippen LogP contribution is 2.29. The number of fused-ring (bicyclic) bond motifs is 1. The van der Waals surface area contributed by atoms with Gasteiger partial charge in [0.2, 0.25) is 0 Å². The van der Waals surface area contributed by atoms with Crippen LogP contribution in [0.5, 0.6) is 5.75 Å². The van der Waals surface area contributed by atoms with Gasteiger partial charge in [-0.3, -0.25) is 4.79 Å². The summed E-state index contributed by atoms with van der Waals surface area (Å²) in [5.41, 5.74) is 0.424. The van der Waals surface area contributed by atoms with E-state index in [0.29, 0.717) is 5.56 Å². The number of ether oxygens (including phenoxy) is 1. The van der Waals surface area contributed by atoms with Gasteiger partial charge in [-0.25, -0.2) is 0 Å². The molecule has 2 nitrogen and oxygen atoms in total. The average Bonchev–Trinajstić information content (AvgIpc) is 2.27. The molecule has 0 heterocycles. The van der Waals surface area contributed by atoms with Crippen molar-refractivity contribution in [2.24, 2.45) is 0 Å². The van der Waals surface area contributed by atoms with Crippen molar-refractivity contribution < 1.29 is 9.53 Å². The van der Waals surface area contributed by atoms with Crippen molar-refractivity contribution in [2.75, 3.05) is 0 Å². The fourth-order valence-corrected chi connectivity index (χ4v) is 1.75. The first-order valence-electron chi connectivity index (χ1n) is 5.66. The fraction of sp³-hybridized carbons (Fsp3) is 0.267. The fourth-order valence-electron chi connectivity index (χ4n) is 1.75. The zero-order chi connectivity index (χ0) is 12.5. The molecule has 88 valence electrons. The maximum atomic E-state index is 10.8. The van der Waals surface area contributed by atoms with Crippen LogP contribution >= 0.6 is 0 Å². The van der Waals surface area contributed by atoms with Gasteiger partial charge >= 0.3 is 0 Å². The summed E-state index contributed by atoms with van der Waals surface area (Å²) < 4.78 is 5.90. The van der Waals surface area contributed by atoms with Crippen molar-refractivity contribution in [3.05, 3.63) is 42.0 Å². The van der Waals surface area contributed by atoms with Crippen LogP contribution in [0.1, 0.15) is 31.1 Å². The lowest BCUT2D eigenvalue weighted by molar-refractivity contribution is 0.112. The molecule has 0 bridgehead atoms. The molecule has 17 heavy (non-hydrogen) atoms. The largest absolute Gasteiger partial charge is 0.488 e. The van der Waals surface area contributed by atoms with E-state index in [-0.39, 0.29) is 5.60 Å². The Morgan fingerprint density at radius 1 is 1.12 bits per heavy atom. The summed E-state index contributed by atoms with van der Waals surface area (Å²) in [7, 11) is 0. The molecule has 0 amide bonds. The molecule has 0 aliphatic carbocycles. The third-order valence-electron chi connectivity index (χ3n) is 2.42. The topological polar surface area (TPSA) is 26.3 Å². The molecule has 0 fully saturated rings. The zero-order valence-corrected chi connectivity index (χ0v) is 10.4. The maximum Gasteiger partial charge on any atom is 0.150 e. The summed E-state index contributed by atoms with van der Waals surface area (Å²) >= 11 is 0. The molecule has 0 spiro atoms. The van der Waals surface area contributed by atoms with Gasteiger partial charge in [0.15, 0.2) is 0 Å². The maximum absolute atomic E-state index is 10.8. The van der Waals surface area contributed by atoms with E-state index >= 15 is 0 Å². The van der Waals surface area contributed by atoms with Crippen molar-refractivity contribution in [1.82, 2.24) is 0 Å². The summed E-state index contributed by atoms with van der Waals surface area (Å²) in [6.07, 6.45) is 0.854. The standard InChI is InChI=1S/C15H16O2/c1-15(2,3)17-14-6-4-5-12-8-7-11(10-16)9-13(12)14/h4-10H,1-3H3. The van der Waals surface area contributed by atoms with Gasteiger partial charge in [0.25, 0.3) is 0 Å². The van der Waals surface area contributed by atoms with Gasteiger partial charge < -0.3 is 4.74 Å². The highest BCUT2D eigenvalue weighted by molar-refractivity contribution is 5.92. The third-order valence-corrected chi connectivity index (χ3v) is 2.42. The monoisotopic (exact) mass is 228 g/mol. The van der Waals surface area contributed by atoms with E-state index in [4.69, 9.17) is 4.74 Å². The highest BCUT2D eigenvalue weighted by atomic mass is 16.5. The van der Waals surface area contributed by atoms with Crippen molar-refractivity contribution in [3.8, 4) is 5.75 Å². The van der Waals surface area contributed by atoms with Crippen LogP contribution in [0.4, 0.5) is 0 Å². The van der Waals surface area contributed by atoms with Crippen molar-refractivity contribution in [3.63, 3.8) is 0 Å². The Bertz CT molecular complexity index is 550. The lowest BCUT2D eigenvalue weighted by Gasteiger charge is -2.22. The predicted octanol–water partition coefficient (Wildman–Crippen LogP) is 3.83. The van der Waals surface area contributed by atoms with Crippen LogP contribution in [-0.4, -0.2) is 11.9 Å². The Morgan fingerprint density at radius 3 is 2.53 bits per heavy atom. The highest BCUT2D eigenvalue weighted by Gasteiger charge is 2.13. The minimum absolute atomic E-state index is 0.245. The quantitative estimate of drug-likeness (QED) is 0.730. The number of hydrogen-bond donors (Lipinski definition) is 0. The van der Waals surface area contributed by atoms with E-state index in [1.165, 1.54) is 0 Å². The summed E-state index contributed by atoms with van der Waals surface area (Å²) in [4.78, 5) is 10.8. The Morgan fingerprint density at radius 2 is 1.88 bits per heavy atom. The van der Waals surface area contributed by atoms with Gasteiger partial charge in [-0.15, -0.1) is 0 Å². The molecule has 2 aromatic carbocycles. The molecular weight excluding hydrogens is 212 g/mol. The Hall–Kier alpha value is -1.83. The second-order valence-electron chi connectivity index (χ2n) is 5.07. The van der Waals surface area contributed by atoms with Crippen LogP contribution in [0.15, 0.2) is 36.4 Å². The lowest BCUT2D eigenvalue weighted by atomic mass is 10.1. The SMILES string of the molecule is CC(C)(C)Oc1cccc2ccc(C=O)cc12. The smallest absolute Gasteiger partial charge is 0.150 e. The Balaban J connectivity index is 2.58. The first-order chi connectivity index (χ1) is 7.99. The number of hydrogen-bond acceptors (Lipinski definition) is 2. The molecule has 0 saturated heterocycles. The van der Waals surface area contributed by atoms with Crippen molar-refractivity contribution in [1.29, 1.82) is 0 Å². The molecular formula is C15H16O2. The number of benzene rings is 2. The van der Waals surface area contributed by atoms with Crippen molar-refractivity contribution in [2.45, 2.75) is 26.4 Å². The summed E-state index contributed by atoms with van der Waals surface area (Å²) in [6, 6.07) is 11.5. The summed E-state index contributed by atoms with van der Waals surface area (Å²) in [5.74, 6) is 0.818. The first-order valence-corrected chi connectivity index (χ1v) is 5.66. The molecule has 2 rings (SSSR count). The number of carbonyl (C=O) groups excluding carboxylic acids is 1. The molecule has 2 heteroatoms. The molecule has 2 aromatic rings. The van der Waals surface area contributed by atoms with Gasteiger partial charge in [0.1, 0.15) is 17.6 Å². The minimum atomic E-state index is -0.245. The second kappa shape index (κ2) is 4.21. The van der Waals surface area contributed by atoms with Gasteiger partial charge in [0, 0.05) is 10.9 Å². The van der Waals surface area contributed by atoms with E-state index < -0.39 is 0 Å². The third kappa shape index (κ3) is 2.64. The van der Waals surface area contributed by atoms with Crippen LogP contribution in [0.2, 0.25) is 0 Å².